The standard InChI is InChI=1S/C13H20N4O/c1-9-11(10(2)18-16-9)7-17-8-15-6-12(17)13(3,4)14-5/h6,8,14H,7H2,1-5H3. The van der Waals surface area contributed by atoms with Crippen LogP contribution in [0.15, 0.2) is 17.0 Å². The number of aryl methyl sites for hydroxylation is 2. The molecule has 0 aliphatic rings. The maximum Gasteiger partial charge on any atom is 0.138 e. The Balaban J connectivity index is 2.34. The Hall–Kier alpha value is -1.62. The van der Waals surface area contributed by atoms with Crippen LogP contribution in [0.4, 0.5) is 0 Å². The summed E-state index contributed by atoms with van der Waals surface area (Å²) in [6, 6.07) is 0. The van der Waals surface area contributed by atoms with Crippen molar-refractivity contribution < 1.29 is 4.52 Å². The topological polar surface area (TPSA) is 55.9 Å². The second-order valence-electron chi connectivity index (χ2n) is 5.08. The van der Waals surface area contributed by atoms with E-state index in [9.17, 15) is 0 Å². The van der Waals surface area contributed by atoms with Crippen molar-refractivity contribution >= 4 is 0 Å². The van der Waals surface area contributed by atoms with Crippen molar-refractivity contribution in [1.82, 2.24) is 20.0 Å². The lowest BCUT2D eigenvalue weighted by atomic mass is 10.0. The van der Waals surface area contributed by atoms with Gasteiger partial charge in [0.25, 0.3) is 0 Å². The summed E-state index contributed by atoms with van der Waals surface area (Å²) in [6.07, 6.45) is 3.75. The van der Waals surface area contributed by atoms with Crippen LogP contribution < -0.4 is 5.32 Å². The van der Waals surface area contributed by atoms with E-state index in [1.807, 2.05) is 33.4 Å². The molecule has 0 aliphatic heterocycles. The minimum Gasteiger partial charge on any atom is -0.361 e. The molecule has 2 aromatic heterocycles. The van der Waals surface area contributed by atoms with Crippen LogP contribution in [0, 0.1) is 13.8 Å². The third kappa shape index (κ3) is 2.18. The van der Waals surface area contributed by atoms with Gasteiger partial charge in [-0.25, -0.2) is 4.98 Å². The first-order chi connectivity index (χ1) is 8.45. The molecule has 18 heavy (non-hydrogen) atoms. The smallest absolute Gasteiger partial charge is 0.138 e. The van der Waals surface area contributed by atoms with Gasteiger partial charge in [-0.3, -0.25) is 0 Å². The third-order valence-corrected chi connectivity index (χ3v) is 3.49. The zero-order valence-electron chi connectivity index (χ0n) is 11.6. The summed E-state index contributed by atoms with van der Waals surface area (Å²) in [6.45, 7) is 8.91. The average molecular weight is 248 g/mol. The molecule has 0 amide bonds. The molecule has 1 N–H and O–H groups in total. The Morgan fingerprint density at radius 2 is 2.11 bits per heavy atom. The number of hydrogen-bond acceptors (Lipinski definition) is 4. The van der Waals surface area contributed by atoms with Gasteiger partial charge in [0, 0.05) is 5.56 Å². The minimum atomic E-state index is -0.116. The van der Waals surface area contributed by atoms with Gasteiger partial charge in [0.1, 0.15) is 5.76 Å². The van der Waals surface area contributed by atoms with Crippen LogP contribution in [0.2, 0.25) is 0 Å². The quantitative estimate of drug-likeness (QED) is 0.899. The van der Waals surface area contributed by atoms with Gasteiger partial charge in [0.05, 0.1) is 36.0 Å². The van der Waals surface area contributed by atoms with Crippen molar-refractivity contribution in [3.8, 4) is 0 Å². The van der Waals surface area contributed by atoms with Crippen molar-refractivity contribution in [2.45, 2.75) is 39.8 Å². The van der Waals surface area contributed by atoms with Gasteiger partial charge < -0.3 is 14.4 Å². The summed E-state index contributed by atoms with van der Waals surface area (Å²) in [4.78, 5) is 4.25. The number of nitrogens with one attached hydrogen (secondary N) is 1. The van der Waals surface area contributed by atoms with Gasteiger partial charge in [0.15, 0.2) is 0 Å². The molecule has 5 nitrogen and oxygen atoms in total. The van der Waals surface area contributed by atoms with Crippen molar-refractivity contribution in [3.63, 3.8) is 0 Å². The SMILES string of the molecule is CNC(C)(C)c1cncn1Cc1c(C)noc1C. The van der Waals surface area contributed by atoms with Crippen molar-refractivity contribution in [1.29, 1.82) is 0 Å². The molecule has 0 saturated heterocycles. The fourth-order valence-electron chi connectivity index (χ4n) is 1.99. The summed E-state index contributed by atoms with van der Waals surface area (Å²) >= 11 is 0. The number of rotatable bonds is 4. The van der Waals surface area contributed by atoms with E-state index in [1.165, 1.54) is 0 Å². The molecule has 0 aliphatic carbocycles. The molecule has 2 aromatic rings. The van der Waals surface area contributed by atoms with Crippen molar-refractivity contribution in [2.75, 3.05) is 7.05 Å². The summed E-state index contributed by atoms with van der Waals surface area (Å²) in [5.74, 6) is 0.870. The molecule has 0 saturated carbocycles. The zero-order valence-corrected chi connectivity index (χ0v) is 11.6. The molecular weight excluding hydrogens is 228 g/mol. The van der Waals surface area contributed by atoms with E-state index in [-0.39, 0.29) is 5.54 Å². The summed E-state index contributed by atoms with van der Waals surface area (Å²) in [7, 11) is 1.95. The lowest BCUT2D eigenvalue weighted by Crippen LogP contribution is -2.35. The molecule has 98 valence electrons. The molecule has 5 heteroatoms. The molecule has 0 radical (unpaired) electrons. The first kappa shape index (κ1) is 12.8. The number of imidazole rings is 1. The van der Waals surface area contributed by atoms with Crippen molar-refractivity contribution in [2.24, 2.45) is 0 Å². The lowest BCUT2D eigenvalue weighted by molar-refractivity contribution is 0.390. The van der Waals surface area contributed by atoms with Gasteiger partial charge in [0.2, 0.25) is 0 Å². The van der Waals surface area contributed by atoms with E-state index in [1.54, 1.807) is 0 Å². The Morgan fingerprint density at radius 3 is 2.67 bits per heavy atom. The molecule has 0 aromatic carbocycles. The Bertz CT molecular complexity index is 519. The van der Waals surface area contributed by atoms with Gasteiger partial charge >= 0.3 is 0 Å². The number of aromatic nitrogens is 3. The van der Waals surface area contributed by atoms with E-state index in [0.29, 0.717) is 0 Å². The first-order valence-electron chi connectivity index (χ1n) is 6.07. The molecule has 0 spiro atoms. The lowest BCUT2D eigenvalue weighted by Gasteiger charge is -2.25. The molecular formula is C13H20N4O. The summed E-state index contributed by atoms with van der Waals surface area (Å²) < 4.78 is 7.32. The monoisotopic (exact) mass is 248 g/mol. The number of nitrogens with zero attached hydrogens (tertiary/aromatic N) is 3. The van der Waals surface area contributed by atoms with Gasteiger partial charge in [-0.2, -0.15) is 0 Å². The van der Waals surface area contributed by atoms with Crippen LogP contribution in [-0.2, 0) is 12.1 Å². The normalized spacial score (nSPS) is 12.1. The zero-order chi connectivity index (χ0) is 13.3. The molecule has 2 heterocycles. The molecule has 0 fully saturated rings. The maximum atomic E-state index is 5.20. The summed E-state index contributed by atoms with van der Waals surface area (Å²) in [5.41, 5.74) is 3.09. The third-order valence-electron chi connectivity index (χ3n) is 3.49. The highest BCUT2D eigenvalue weighted by Gasteiger charge is 2.23. The second kappa shape index (κ2) is 4.57. The minimum absolute atomic E-state index is 0.116. The molecule has 0 atom stereocenters. The first-order valence-corrected chi connectivity index (χ1v) is 6.07. The predicted octanol–water partition coefficient (Wildman–Crippen LogP) is 1.99. The Kier molecular flexibility index (Phi) is 3.26. The molecule has 2 rings (SSSR count). The predicted molar refractivity (Wildman–Crippen MR) is 69.4 cm³/mol. The highest BCUT2D eigenvalue weighted by atomic mass is 16.5. The van der Waals surface area contributed by atoms with Crippen LogP contribution >= 0.6 is 0 Å². The van der Waals surface area contributed by atoms with E-state index in [0.717, 1.165) is 29.3 Å². The Morgan fingerprint density at radius 1 is 1.39 bits per heavy atom. The second-order valence-corrected chi connectivity index (χ2v) is 5.08. The van der Waals surface area contributed by atoms with Crippen LogP contribution in [0.3, 0.4) is 0 Å². The summed E-state index contributed by atoms with van der Waals surface area (Å²) in [5, 5.41) is 7.28. The highest BCUT2D eigenvalue weighted by molar-refractivity contribution is 5.23. The number of hydrogen-bond donors (Lipinski definition) is 1. The highest BCUT2D eigenvalue weighted by Crippen LogP contribution is 2.21. The van der Waals surface area contributed by atoms with E-state index >= 15 is 0 Å². The fourth-order valence-corrected chi connectivity index (χ4v) is 1.99. The maximum absolute atomic E-state index is 5.20. The van der Waals surface area contributed by atoms with Crippen LogP contribution in [0.25, 0.3) is 0 Å². The van der Waals surface area contributed by atoms with E-state index in [4.69, 9.17) is 4.52 Å². The fraction of sp³-hybridized carbons (Fsp3) is 0.538. The Labute approximate surface area is 107 Å². The van der Waals surface area contributed by atoms with E-state index < -0.39 is 0 Å². The van der Waals surface area contributed by atoms with E-state index in [2.05, 4.69) is 33.9 Å². The molecule has 0 unspecified atom stereocenters. The van der Waals surface area contributed by atoms with Gasteiger partial charge in [-0.15, -0.1) is 0 Å². The van der Waals surface area contributed by atoms with Crippen LogP contribution in [0.1, 0.15) is 36.6 Å². The average Bonchev–Trinajstić information content (AvgIpc) is 2.91. The van der Waals surface area contributed by atoms with Gasteiger partial charge in [-0.05, 0) is 34.7 Å². The van der Waals surface area contributed by atoms with Crippen LogP contribution in [0.5, 0.6) is 0 Å². The molecule has 0 bridgehead atoms. The van der Waals surface area contributed by atoms with Crippen molar-refractivity contribution in [3.05, 3.63) is 35.2 Å². The largest absolute Gasteiger partial charge is 0.361 e. The van der Waals surface area contributed by atoms with Gasteiger partial charge in [-0.1, -0.05) is 5.16 Å². The van der Waals surface area contributed by atoms with Crippen LogP contribution in [-0.4, -0.2) is 21.8 Å².